The number of nitrogens with one attached hydrogen (secondary N) is 7. The highest BCUT2D eigenvalue weighted by Gasteiger charge is 2.29. The average Bonchev–Trinajstić information content (AvgIpc) is 1.83. The molecule has 4 aromatic rings. The van der Waals surface area contributed by atoms with Gasteiger partial charge in [0.1, 0.15) is 18.4 Å². The molecule has 1 aliphatic rings. The number of urea groups is 2. The maximum Gasteiger partial charge on any atom is 0.326 e. The van der Waals surface area contributed by atoms with E-state index in [4.69, 9.17) is 17.3 Å². The number of rotatable bonds is 40. The van der Waals surface area contributed by atoms with Crippen LogP contribution < -0.4 is 37.2 Å². The summed E-state index contributed by atoms with van der Waals surface area (Å²) in [5, 5.41) is 76.1. The van der Waals surface area contributed by atoms with Gasteiger partial charge in [0.2, 0.25) is 5.91 Å². The summed E-state index contributed by atoms with van der Waals surface area (Å²) < 4.78 is 2.39. The van der Waals surface area contributed by atoms with Crippen LogP contribution in [0.5, 0.6) is 0 Å². The Morgan fingerprint density at radius 1 is 0.598 bits per heavy atom. The fraction of sp³-hybridized carbons (Fsp3) is 0.530. The smallest absolute Gasteiger partial charge is 0.326 e. The maximum atomic E-state index is 14.2. The van der Waals surface area contributed by atoms with Crippen molar-refractivity contribution in [2.45, 2.75) is 127 Å². The fourth-order valence-corrected chi connectivity index (χ4v) is 11.6. The van der Waals surface area contributed by atoms with Gasteiger partial charge in [-0.05, 0) is 161 Å². The van der Waals surface area contributed by atoms with Crippen molar-refractivity contribution in [1.82, 2.24) is 61.2 Å². The third kappa shape index (κ3) is 32.1. The van der Waals surface area contributed by atoms with Crippen molar-refractivity contribution in [2.24, 2.45) is 5.92 Å². The molecule has 29 nitrogen and oxygen atoms in total. The second kappa shape index (κ2) is 43.1. The zero-order valence-electron chi connectivity index (χ0n) is 55.1. The van der Waals surface area contributed by atoms with Gasteiger partial charge in [-0.15, -0.1) is 5.10 Å². The molecule has 0 radical (unpaired) electrons. The number of likely N-dealkylation sites (N-methyl/N-ethyl adjacent to an activating group) is 2. The lowest BCUT2D eigenvalue weighted by Gasteiger charge is -2.36. The van der Waals surface area contributed by atoms with E-state index < -0.39 is 71.6 Å². The largest absolute Gasteiger partial charge is 0.481 e. The van der Waals surface area contributed by atoms with Gasteiger partial charge in [-0.2, -0.15) is 0 Å². The van der Waals surface area contributed by atoms with Gasteiger partial charge in [0.15, 0.2) is 10.9 Å². The Labute approximate surface area is 583 Å². The molecule has 530 valence electrons. The number of carboxylic acid groups (broad SMARTS) is 5. The first-order valence-corrected chi connectivity index (χ1v) is 34.1. The molecular weight excluding hydrogens is 1390 g/mol. The molecule has 0 saturated carbocycles. The molecule has 1 fully saturated rings. The van der Waals surface area contributed by atoms with E-state index in [1.54, 1.807) is 24.3 Å². The molecular formula is C66H93IN14O15S. The molecule has 0 bridgehead atoms. The summed E-state index contributed by atoms with van der Waals surface area (Å²) >= 11 is 7.85. The van der Waals surface area contributed by atoms with Gasteiger partial charge >= 0.3 is 41.9 Å². The molecule has 5 amide bonds. The van der Waals surface area contributed by atoms with Gasteiger partial charge in [0.05, 0.1) is 36.9 Å². The first-order valence-electron chi connectivity index (χ1n) is 32.6. The molecule has 1 saturated heterocycles. The Bertz CT molecular complexity index is 3240. The minimum Gasteiger partial charge on any atom is -0.481 e. The molecule has 12 N–H and O–H groups in total. The van der Waals surface area contributed by atoms with Gasteiger partial charge < -0.3 is 72.5 Å². The lowest BCUT2D eigenvalue weighted by atomic mass is 9.91. The van der Waals surface area contributed by atoms with E-state index in [9.17, 15) is 68.4 Å². The summed E-state index contributed by atoms with van der Waals surface area (Å²) in [4.78, 5) is 133. The molecule has 2 heterocycles. The van der Waals surface area contributed by atoms with Gasteiger partial charge in [-0.25, -0.2) is 19.1 Å². The third-order valence-electron chi connectivity index (χ3n) is 16.3. The predicted molar refractivity (Wildman–Crippen MR) is 375 cm³/mol. The number of Topliss-reactive ketones (excluding diaryl/α,β-unsaturated/α-hetero) is 2. The molecule has 4 unspecified atom stereocenters. The predicted octanol–water partition coefficient (Wildman–Crippen LogP) is 5.08. The molecule has 4 atom stereocenters. The summed E-state index contributed by atoms with van der Waals surface area (Å²) in [6.07, 6.45) is 6.01. The van der Waals surface area contributed by atoms with Crippen LogP contribution in [0.4, 0.5) is 21.0 Å². The molecule has 3 aromatic carbocycles. The quantitative estimate of drug-likeness (QED) is 0.0157. The van der Waals surface area contributed by atoms with Crippen molar-refractivity contribution >= 4 is 111 Å². The highest BCUT2D eigenvalue weighted by atomic mass is 127. The van der Waals surface area contributed by atoms with Gasteiger partial charge in [-0.3, -0.25) is 43.4 Å². The Morgan fingerprint density at radius 3 is 1.93 bits per heavy atom. The topological polar surface area (TPSA) is 400 Å². The number of aliphatic carboxylic acids is 5. The standard InChI is InChI=1S/C66H93IN14O15S/c1-77-30-31-78(2)41-52(80(44-61(89)90)35-34-79(33-32-77)43-60(87)88)36-45-21-25-50(26-22-45)73-66(97)70-28-9-6-16-54(57(83)39-48(62(91)92)12-4-3-5-15-53(82)37-46-19-23-49(67)24-20-46)74-58(84)42-81-56(40-71-76-81)47-13-10-14-51(38-47)72-64(95)68-27-8-7-17-55(63(93)94)75-65(96)69-29-11-18-59(85)86/h10,13-14,19-26,38,40,48,52,54-55H,3-9,11-12,15-18,27-37,39,41-44H2,1-2H3,(H,74,84)(H,85,86)(H,87,88)(H,89,90)(H,91,92)(H,93,94)(H2,68,72,95)(H2,69,75,96)(H2,70,73,97). The Morgan fingerprint density at radius 2 is 1.24 bits per heavy atom. The summed E-state index contributed by atoms with van der Waals surface area (Å²) in [5.41, 5.74) is 3.89. The summed E-state index contributed by atoms with van der Waals surface area (Å²) in [5.74, 6) is -7.34. The molecule has 0 spiro atoms. The number of hydrogen-bond donors (Lipinski definition) is 12. The van der Waals surface area contributed by atoms with E-state index in [0.29, 0.717) is 131 Å². The number of aromatic nitrogens is 3. The summed E-state index contributed by atoms with van der Waals surface area (Å²) in [6.45, 7) is 3.97. The fourth-order valence-electron chi connectivity index (χ4n) is 11.0. The Kier molecular flexibility index (Phi) is 35.3. The Balaban J connectivity index is 1.16. The van der Waals surface area contributed by atoms with Crippen LogP contribution in [0.15, 0.2) is 79.0 Å². The number of ketones is 2. The van der Waals surface area contributed by atoms with Crippen LogP contribution in [0.1, 0.15) is 101 Å². The monoisotopic (exact) mass is 1480 g/mol. The molecule has 5 rings (SSSR count). The van der Waals surface area contributed by atoms with Crippen LogP contribution in [0.2, 0.25) is 0 Å². The minimum atomic E-state index is -1.25. The number of hydrogen-bond acceptors (Lipinski definition) is 17. The first-order chi connectivity index (χ1) is 46.4. The van der Waals surface area contributed by atoms with Crippen molar-refractivity contribution in [1.29, 1.82) is 0 Å². The number of carboxylic acids is 5. The zero-order valence-corrected chi connectivity index (χ0v) is 58.0. The molecule has 1 aliphatic heterocycles. The Hall–Kier alpha value is -8.24. The first kappa shape index (κ1) is 79.4. The number of benzene rings is 3. The van der Waals surface area contributed by atoms with Crippen molar-refractivity contribution in [3.8, 4) is 11.3 Å². The molecule has 1 aromatic heterocycles. The van der Waals surface area contributed by atoms with Crippen LogP contribution in [0.3, 0.4) is 0 Å². The van der Waals surface area contributed by atoms with E-state index in [-0.39, 0.29) is 83.1 Å². The second-order valence-electron chi connectivity index (χ2n) is 24.3. The van der Waals surface area contributed by atoms with Gasteiger partial charge in [-0.1, -0.05) is 54.5 Å². The molecule has 31 heteroatoms. The number of thiocarbonyl (C=S) groups is 1. The lowest BCUT2D eigenvalue weighted by molar-refractivity contribution is -0.144. The number of halogens is 1. The average molecular weight is 1480 g/mol. The van der Waals surface area contributed by atoms with Crippen molar-refractivity contribution in [3.05, 3.63) is 93.7 Å². The van der Waals surface area contributed by atoms with Crippen LogP contribution in [0, 0.1) is 9.49 Å². The van der Waals surface area contributed by atoms with Crippen LogP contribution >= 0.6 is 34.8 Å². The van der Waals surface area contributed by atoms with Crippen molar-refractivity contribution < 1.29 is 73.5 Å². The number of anilines is 2. The zero-order chi connectivity index (χ0) is 70.7. The highest BCUT2D eigenvalue weighted by Crippen LogP contribution is 2.24. The number of carbonyl (C=O) groups excluding carboxylic acids is 5. The normalized spacial score (nSPS) is 15.2. The number of unbranched alkanes of at least 4 members (excludes halogenated alkanes) is 4. The number of carbonyl (C=O) groups is 10. The third-order valence-corrected chi connectivity index (χ3v) is 17.3. The summed E-state index contributed by atoms with van der Waals surface area (Å²) in [6, 6.07) is 18.3. The van der Waals surface area contributed by atoms with E-state index in [0.717, 1.165) is 27.8 Å². The van der Waals surface area contributed by atoms with Crippen molar-refractivity contribution in [3.63, 3.8) is 0 Å². The summed E-state index contributed by atoms with van der Waals surface area (Å²) in [7, 11) is 4.02. The van der Waals surface area contributed by atoms with Crippen LogP contribution in [-0.2, 0) is 57.7 Å². The van der Waals surface area contributed by atoms with E-state index in [1.807, 2.05) is 72.4 Å². The van der Waals surface area contributed by atoms with Gasteiger partial charge in [0.25, 0.3) is 0 Å². The van der Waals surface area contributed by atoms with E-state index in [1.165, 1.54) is 10.9 Å². The molecule has 97 heavy (non-hydrogen) atoms. The van der Waals surface area contributed by atoms with Gasteiger partial charge in [0, 0.05) is 118 Å². The van der Waals surface area contributed by atoms with Crippen LogP contribution in [-0.4, -0.2) is 235 Å². The number of nitrogens with zero attached hydrogens (tertiary/aromatic N) is 7. The van der Waals surface area contributed by atoms with E-state index in [2.05, 4.69) is 79.9 Å². The van der Waals surface area contributed by atoms with E-state index >= 15 is 0 Å². The SMILES string of the molecule is CN1CCN(C)CC(Cc2ccc(NC(=S)NCCCCC(NC(=O)Cn3nncc3-c3cccc(NC(=O)NCCCCC(NC(=O)NCCCC(=O)O)C(=O)O)c3)C(=O)CC(CCCCCC(=O)Cc3ccc(I)cc3)C(=O)O)cc2)N(CC(=O)O)CCN(CC(=O)O)CC1. The minimum absolute atomic E-state index is 0.0582. The number of amides is 5. The molecule has 0 aliphatic carbocycles. The second-order valence-corrected chi connectivity index (χ2v) is 26.0. The highest BCUT2D eigenvalue weighted by molar-refractivity contribution is 14.1. The van der Waals surface area contributed by atoms with Crippen LogP contribution in [0.25, 0.3) is 11.3 Å². The maximum absolute atomic E-state index is 14.2. The lowest BCUT2D eigenvalue weighted by Crippen LogP contribution is -2.51. The van der Waals surface area contributed by atoms with Crippen molar-refractivity contribution in [2.75, 3.05) is 103 Å².